The van der Waals surface area contributed by atoms with Crippen LogP contribution in [0.2, 0.25) is 0 Å². The molecule has 0 bridgehead atoms. The Morgan fingerprint density at radius 3 is 2.07 bits per heavy atom. The first-order valence-electron chi connectivity index (χ1n) is 8.73. The number of para-hydroxylation sites is 1. The Bertz CT molecular complexity index is 849. The number of hydrogen-bond donors (Lipinski definition) is 0. The van der Waals surface area contributed by atoms with Gasteiger partial charge in [0.25, 0.3) is 0 Å². The fourth-order valence-electron chi connectivity index (χ4n) is 2.44. The SMILES string of the molecule is O=C(OCc1ccccc1)N(OC/C=C/c1ccccc1)c1ccccc1. The van der Waals surface area contributed by atoms with Crippen LogP contribution in [0, 0.1) is 0 Å². The standard InChI is InChI=1S/C23H21NO3/c25-23(26-19-21-13-6-2-7-14-21)24(22-16-8-3-9-17-22)27-18-10-15-20-11-4-1-5-12-20/h1-17H,18-19H2/b15-10+. The Labute approximate surface area is 159 Å². The van der Waals surface area contributed by atoms with Crippen LogP contribution in [0.5, 0.6) is 0 Å². The van der Waals surface area contributed by atoms with Gasteiger partial charge in [0, 0.05) is 0 Å². The van der Waals surface area contributed by atoms with Crippen LogP contribution < -0.4 is 5.06 Å². The molecule has 4 nitrogen and oxygen atoms in total. The molecule has 0 radical (unpaired) electrons. The van der Waals surface area contributed by atoms with Crippen molar-refractivity contribution in [1.29, 1.82) is 0 Å². The quantitative estimate of drug-likeness (QED) is 0.525. The number of ether oxygens (including phenoxy) is 1. The summed E-state index contributed by atoms with van der Waals surface area (Å²) >= 11 is 0. The van der Waals surface area contributed by atoms with E-state index in [2.05, 4.69) is 0 Å². The van der Waals surface area contributed by atoms with Crippen molar-refractivity contribution < 1.29 is 14.4 Å². The number of hydroxylamine groups is 1. The maximum absolute atomic E-state index is 12.5. The van der Waals surface area contributed by atoms with E-state index in [0.717, 1.165) is 11.1 Å². The Morgan fingerprint density at radius 1 is 0.815 bits per heavy atom. The number of rotatable bonds is 7. The van der Waals surface area contributed by atoms with Crippen LogP contribution >= 0.6 is 0 Å². The third-order valence-corrected chi connectivity index (χ3v) is 3.77. The highest BCUT2D eigenvalue weighted by Gasteiger charge is 2.18. The van der Waals surface area contributed by atoms with Crippen LogP contribution in [0.25, 0.3) is 6.08 Å². The first-order valence-corrected chi connectivity index (χ1v) is 8.73. The van der Waals surface area contributed by atoms with Gasteiger partial charge in [-0.15, -0.1) is 0 Å². The van der Waals surface area contributed by atoms with Crippen LogP contribution in [-0.4, -0.2) is 12.7 Å². The Hall–Kier alpha value is -3.37. The van der Waals surface area contributed by atoms with Crippen molar-refractivity contribution >= 4 is 17.9 Å². The molecule has 27 heavy (non-hydrogen) atoms. The lowest BCUT2D eigenvalue weighted by Crippen LogP contribution is -2.31. The number of amides is 1. The van der Waals surface area contributed by atoms with E-state index in [1.165, 1.54) is 5.06 Å². The van der Waals surface area contributed by atoms with Crippen LogP contribution in [0.1, 0.15) is 11.1 Å². The topological polar surface area (TPSA) is 38.8 Å². The third-order valence-electron chi connectivity index (χ3n) is 3.77. The molecule has 0 aliphatic carbocycles. The molecule has 3 rings (SSSR count). The van der Waals surface area contributed by atoms with Gasteiger partial charge in [-0.05, 0) is 23.3 Å². The molecule has 0 heterocycles. The zero-order valence-corrected chi connectivity index (χ0v) is 14.9. The minimum atomic E-state index is -0.557. The van der Waals surface area contributed by atoms with Crippen molar-refractivity contribution in [3.63, 3.8) is 0 Å². The minimum Gasteiger partial charge on any atom is -0.443 e. The predicted molar refractivity (Wildman–Crippen MR) is 107 cm³/mol. The molecule has 0 unspecified atom stereocenters. The Balaban J connectivity index is 1.62. The van der Waals surface area contributed by atoms with Crippen molar-refractivity contribution in [2.24, 2.45) is 0 Å². The highest BCUT2D eigenvalue weighted by atomic mass is 16.7. The van der Waals surface area contributed by atoms with Crippen molar-refractivity contribution in [3.05, 3.63) is 108 Å². The second-order valence-corrected chi connectivity index (χ2v) is 5.78. The van der Waals surface area contributed by atoms with E-state index in [0.29, 0.717) is 5.69 Å². The summed E-state index contributed by atoms with van der Waals surface area (Å²) in [7, 11) is 0. The molecule has 3 aromatic rings. The van der Waals surface area contributed by atoms with E-state index in [-0.39, 0.29) is 13.2 Å². The monoisotopic (exact) mass is 359 g/mol. The normalized spacial score (nSPS) is 10.7. The highest BCUT2D eigenvalue weighted by Crippen LogP contribution is 2.16. The lowest BCUT2D eigenvalue weighted by Gasteiger charge is -2.20. The van der Waals surface area contributed by atoms with E-state index in [1.54, 1.807) is 12.1 Å². The molecule has 0 atom stereocenters. The van der Waals surface area contributed by atoms with E-state index in [1.807, 2.05) is 91.0 Å². The Kier molecular flexibility index (Phi) is 6.78. The maximum atomic E-state index is 12.5. The molecule has 0 spiro atoms. The molecule has 0 aliphatic heterocycles. The van der Waals surface area contributed by atoms with Gasteiger partial charge in [-0.25, -0.2) is 4.79 Å². The fraction of sp³-hybridized carbons (Fsp3) is 0.0870. The molecule has 0 aliphatic rings. The first kappa shape index (κ1) is 18.4. The summed E-state index contributed by atoms with van der Waals surface area (Å²) in [5.74, 6) is 0. The van der Waals surface area contributed by atoms with E-state index < -0.39 is 6.09 Å². The largest absolute Gasteiger partial charge is 0.443 e. The fourth-order valence-corrected chi connectivity index (χ4v) is 2.44. The zero-order chi connectivity index (χ0) is 18.7. The highest BCUT2D eigenvalue weighted by molar-refractivity contribution is 5.85. The second kappa shape index (κ2) is 9.94. The molecule has 136 valence electrons. The molecule has 1 amide bonds. The summed E-state index contributed by atoms with van der Waals surface area (Å²) in [6, 6.07) is 28.6. The van der Waals surface area contributed by atoms with Crippen molar-refractivity contribution in [1.82, 2.24) is 0 Å². The van der Waals surface area contributed by atoms with Crippen molar-refractivity contribution in [2.75, 3.05) is 11.7 Å². The summed E-state index contributed by atoms with van der Waals surface area (Å²) < 4.78 is 5.40. The van der Waals surface area contributed by atoms with Crippen molar-refractivity contribution in [2.45, 2.75) is 6.61 Å². The van der Waals surface area contributed by atoms with Gasteiger partial charge < -0.3 is 4.74 Å². The minimum absolute atomic E-state index is 0.187. The van der Waals surface area contributed by atoms with E-state index >= 15 is 0 Å². The molecule has 3 aromatic carbocycles. The van der Waals surface area contributed by atoms with Gasteiger partial charge in [0.05, 0.1) is 12.3 Å². The summed E-state index contributed by atoms with van der Waals surface area (Å²) in [6.07, 6.45) is 3.24. The maximum Gasteiger partial charge on any atom is 0.439 e. The molecule has 0 saturated heterocycles. The van der Waals surface area contributed by atoms with Gasteiger partial charge in [0.2, 0.25) is 0 Å². The molecular weight excluding hydrogens is 338 g/mol. The lowest BCUT2D eigenvalue weighted by molar-refractivity contribution is 0.0831. The number of anilines is 1. The number of hydrogen-bond acceptors (Lipinski definition) is 3. The van der Waals surface area contributed by atoms with E-state index in [9.17, 15) is 4.79 Å². The predicted octanol–water partition coefficient (Wildman–Crippen LogP) is 5.47. The zero-order valence-electron chi connectivity index (χ0n) is 14.9. The van der Waals surface area contributed by atoms with Crippen LogP contribution in [0.4, 0.5) is 10.5 Å². The van der Waals surface area contributed by atoms with Crippen LogP contribution in [0.3, 0.4) is 0 Å². The average Bonchev–Trinajstić information content (AvgIpc) is 2.74. The lowest BCUT2D eigenvalue weighted by atomic mass is 10.2. The van der Waals surface area contributed by atoms with E-state index in [4.69, 9.17) is 9.57 Å². The summed E-state index contributed by atoms with van der Waals surface area (Å²) in [4.78, 5) is 18.2. The third kappa shape index (κ3) is 5.83. The van der Waals surface area contributed by atoms with Gasteiger partial charge in [-0.1, -0.05) is 91.0 Å². The van der Waals surface area contributed by atoms with Crippen molar-refractivity contribution in [3.8, 4) is 0 Å². The number of carbonyl (C=O) groups is 1. The van der Waals surface area contributed by atoms with Gasteiger partial charge in [0.15, 0.2) is 0 Å². The summed E-state index contributed by atoms with van der Waals surface area (Å²) in [5.41, 5.74) is 2.60. The number of carbonyl (C=O) groups excluding carboxylic acids is 1. The number of nitrogens with zero attached hydrogens (tertiary/aromatic N) is 1. The van der Waals surface area contributed by atoms with Crippen LogP contribution in [-0.2, 0) is 16.2 Å². The first-order chi connectivity index (χ1) is 13.3. The van der Waals surface area contributed by atoms with Gasteiger partial charge >= 0.3 is 6.09 Å². The smallest absolute Gasteiger partial charge is 0.439 e. The van der Waals surface area contributed by atoms with Gasteiger partial charge in [-0.2, -0.15) is 5.06 Å². The number of benzene rings is 3. The average molecular weight is 359 g/mol. The second-order valence-electron chi connectivity index (χ2n) is 5.78. The molecule has 0 saturated carbocycles. The van der Waals surface area contributed by atoms with Gasteiger partial charge in [-0.3, -0.25) is 4.84 Å². The Morgan fingerprint density at radius 2 is 1.41 bits per heavy atom. The molecule has 0 aromatic heterocycles. The summed E-state index contributed by atoms with van der Waals surface area (Å²) in [5, 5.41) is 1.18. The molecule has 0 N–H and O–H groups in total. The summed E-state index contributed by atoms with van der Waals surface area (Å²) in [6.45, 7) is 0.427. The van der Waals surface area contributed by atoms with Crippen LogP contribution in [0.15, 0.2) is 97.1 Å². The molecule has 4 heteroatoms. The van der Waals surface area contributed by atoms with Gasteiger partial charge in [0.1, 0.15) is 6.61 Å². The molecule has 0 fully saturated rings. The molecular formula is C23H21NO3.